The summed E-state index contributed by atoms with van der Waals surface area (Å²) in [6, 6.07) is 0. The molecule has 0 aliphatic heterocycles. The monoisotopic (exact) mass is 291 g/mol. The molecule has 0 fully saturated rings. The second kappa shape index (κ2) is 10.0. The minimum Gasteiger partial charge on any atom is 0 e. The van der Waals surface area contributed by atoms with E-state index in [1.807, 2.05) is 0 Å². The SMILES string of the molecule is O=C(O)O.[BaH2].[Y]. The van der Waals surface area contributed by atoms with Crippen LogP contribution in [0.3, 0.4) is 0 Å². The van der Waals surface area contributed by atoms with Crippen LogP contribution in [-0.2, 0) is 32.7 Å². The van der Waals surface area contributed by atoms with Gasteiger partial charge in [-0.15, -0.1) is 0 Å². The molecule has 0 amide bonds. The largest absolute Gasteiger partial charge is 0 e. The quantitative estimate of drug-likeness (QED) is 0.580. The minimum absolute atomic E-state index is 0. The Bertz CT molecular complexity index is 33.8. The van der Waals surface area contributed by atoms with Crippen molar-refractivity contribution in [1.82, 2.24) is 0 Å². The Balaban J connectivity index is -0.0000000450. The van der Waals surface area contributed by atoms with Crippen molar-refractivity contribution in [2.24, 2.45) is 0 Å². The Morgan fingerprint density at radius 1 is 1.33 bits per heavy atom. The molecule has 0 aliphatic carbocycles. The van der Waals surface area contributed by atoms with Crippen molar-refractivity contribution in [2.45, 2.75) is 0 Å². The fraction of sp³-hybridized carbons (Fsp3) is 0. The van der Waals surface area contributed by atoms with Crippen LogP contribution in [0.15, 0.2) is 0 Å². The molecule has 0 aromatic carbocycles. The Labute approximate surface area is 100 Å². The molecule has 0 heterocycles. The van der Waals surface area contributed by atoms with Crippen LogP contribution in [0.2, 0.25) is 0 Å². The first kappa shape index (κ1) is 15.7. The summed E-state index contributed by atoms with van der Waals surface area (Å²) in [6.45, 7) is 0. The van der Waals surface area contributed by atoms with Gasteiger partial charge in [0.15, 0.2) is 0 Å². The Hall–Kier alpha value is 1.95. The fourth-order valence-corrected chi connectivity index (χ4v) is 0. The van der Waals surface area contributed by atoms with Crippen molar-refractivity contribution in [1.29, 1.82) is 0 Å². The minimum atomic E-state index is -1.83. The van der Waals surface area contributed by atoms with Gasteiger partial charge in [-0.2, -0.15) is 0 Å². The topological polar surface area (TPSA) is 57.5 Å². The van der Waals surface area contributed by atoms with Crippen LogP contribution >= 0.6 is 0 Å². The van der Waals surface area contributed by atoms with Crippen LogP contribution in [0.25, 0.3) is 0 Å². The zero-order valence-electron chi connectivity index (χ0n) is 2.38. The van der Waals surface area contributed by atoms with Gasteiger partial charge in [-0.05, 0) is 0 Å². The molecule has 0 spiro atoms. The van der Waals surface area contributed by atoms with Crippen molar-refractivity contribution >= 4 is 55.0 Å². The van der Waals surface area contributed by atoms with Gasteiger partial charge in [-0.1, -0.05) is 0 Å². The maximum atomic E-state index is 8.56. The van der Waals surface area contributed by atoms with Crippen LogP contribution < -0.4 is 0 Å². The van der Waals surface area contributed by atoms with Gasteiger partial charge in [-0.25, -0.2) is 4.79 Å². The predicted molar refractivity (Wildman–Crippen MR) is 19.2 cm³/mol. The molecule has 6 heavy (non-hydrogen) atoms. The van der Waals surface area contributed by atoms with E-state index in [9.17, 15) is 0 Å². The van der Waals surface area contributed by atoms with Gasteiger partial charge in [0, 0.05) is 32.7 Å². The van der Waals surface area contributed by atoms with E-state index in [1.54, 1.807) is 0 Å². The molecule has 5 heteroatoms. The first-order valence-electron chi connectivity index (χ1n) is 0.651. The standard InChI is InChI=1S/CH2O3.Ba.Y.2H/c2-1(3)4;;;;/h(H2,2,3,4);;;;. The molecule has 0 aromatic rings. The molecule has 2 N–H and O–H groups in total. The molecule has 0 atom stereocenters. The zero-order valence-corrected chi connectivity index (χ0v) is 5.22. The maximum Gasteiger partial charge on any atom is 0 e. The van der Waals surface area contributed by atoms with Crippen molar-refractivity contribution in [3.63, 3.8) is 0 Å². The van der Waals surface area contributed by atoms with E-state index in [2.05, 4.69) is 0 Å². The third-order valence-electron chi connectivity index (χ3n) is 0. The van der Waals surface area contributed by atoms with Crippen molar-refractivity contribution < 1.29 is 47.7 Å². The molecule has 0 aliphatic rings. The smallest absolute Gasteiger partial charge is 0 e. The summed E-state index contributed by atoms with van der Waals surface area (Å²) in [4.78, 5) is 8.56. The van der Waals surface area contributed by atoms with Crippen LogP contribution in [-0.4, -0.2) is 65.2 Å². The summed E-state index contributed by atoms with van der Waals surface area (Å²) < 4.78 is 0. The van der Waals surface area contributed by atoms with Crippen LogP contribution in [0.1, 0.15) is 0 Å². The van der Waals surface area contributed by atoms with Gasteiger partial charge in [0.1, 0.15) is 0 Å². The molecule has 1 radical (unpaired) electrons. The summed E-state index contributed by atoms with van der Waals surface area (Å²) in [5.41, 5.74) is 0. The number of carboxylic acid groups (broad SMARTS) is 2. The summed E-state index contributed by atoms with van der Waals surface area (Å²) in [7, 11) is 0. The Morgan fingerprint density at radius 3 is 1.33 bits per heavy atom. The van der Waals surface area contributed by atoms with Gasteiger partial charge in [0.05, 0.1) is 0 Å². The Morgan fingerprint density at radius 2 is 1.33 bits per heavy atom. The molecule has 0 unspecified atom stereocenters. The maximum absolute atomic E-state index is 8.56. The first-order valence-corrected chi connectivity index (χ1v) is 0.651. The number of rotatable bonds is 0. The first-order chi connectivity index (χ1) is 1.73. The van der Waals surface area contributed by atoms with E-state index in [4.69, 9.17) is 15.0 Å². The van der Waals surface area contributed by atoms with Gasteiger partial charge in [0.2, 0.25) is 0 Å². The van der Waals surface area contributed by atoms with Gasteiger partial charge in [-0.3, -0.25) is 0 Å². The van der Waals surface area contributed by atoms with Crippen LogP contribution in [0, 0.1) is 0 Å². The van der Waals surface area contributed by atoms with Crippen molar-refractivity contribution in [2.75, 3.05) is 0 Å². The molecule has 0 bridgehead atoms. The van der Waals surface area contributed by atoms with Gasteiger partial charge < -0.3 is 10.2 Å². The third-order valence-corrected chi connectivity index (χ3v) is 0. The van der Waals surface area contributed by atoms with Crippen molar-refractivity contribution in [3.05, 3.63) is 0 Å². The van der Waals surface area contributed by atoms with Gasteiger partial charge >= 0.3 is 55.0 Å². The van der Waals surface area contributed by atoms with E-state index < -0.39 is 6.16 Å². The van der Waals surface area contributed by atoms with Crippen LogP contribution in [0.4, 0.5) is 4.79 Å². The molecular weight excluding hydrogens is 286 g/mol. The zero-order chi connectivity index (χ0) is 3.58. The molecular formula is CH4BaO3Y. The normalized spacial score (nSPS) is 4.00. The molecule has 0 saturated carbocycles. The average molecular weight is 290 g/mol. The summed E-state index contributed by atoms with van der Waals surface area (Å²) in [5.74, 6) is 0. The van der Waals surface area contributed by atoms with E-state index in [1.165, 1.54) is 0 Å². The fourth-order valence-electron chi connectivity index (χ4n) is 0. The summed E-state index contributed by atoms with van der Waals surface area (Å²) in [6.07, 6.45) is -1.83. The second-order valence-electron chi connectivity index (χ2n) is 0.283. The number of carbonyl (C=O) groups is 1. The second-order valence-corrected chi connectivity index (χ2v) is 0.283. The van der Waals surface area contributed by atoms with Crippen molar-refractivity contribution in [3.8, 4) is 0 Å². The number of hydrogen-bond acceptors (Lipinski definition) is 1. The average Bonchev–Trinajstić information content (AvgIpc) is 0.811. The molecule has 31 valence electrons. The summed E-state index contributed by atoms with van der Waals surface area (Å²) in [5, 5.41) is 13.9. The van der Waals surface area contributed by atoms with E-state index in [0.717, 1.165) is 0 Å². The van der Waals surface area contributed by atoms with E-state index in [0.29, 0.717) is 0 Å². The number of hydrogen-bond donors (Lipinski definition) is 2. The van der Waals surface area contributed by atoms with Gasteiger partial charge in [0.25, 0.3) is 0 Å². The summed E-state index contributed by atoms with van der Waals surface area (Å²) >= 11 is 0. The predicted octanol–water partition coefficient (Wildman–Crippen LogP) is -0.696. The third kappa shape index (κ3) is 38.4. The Kier molecular flexibility index (Phi) is 26.2. The molecule has 0 aromatic heterocycles. The van der Waals surface area contributed by atoms with E-state index in [-0.39, 0.29) is 81.6 Å². The van der Waals surface area contributed by atoms with Crippen LogP contribution in [0.5, 0.6) is 0 Å². The van der Waals surface area contributed by atoms with E-state index >= 15 is 0 Å². The molecule has 3 nitrogen and oxygen atoms in total. The molecule has 0 rings (SSSR count). The molecule has 0 saturated heterocycles.